The van der Waals surface area contributed by atoms with Gasteiger partial charge in [0.2, 0.25) is 30.1 Å². The highest BCUT2D eigenvalue weighted by Gasteiger charge is 2.41. The molecule has 7 rings (SSSR count). The maximum atomic E-state index is 14.8. The van der Waals surface area contributed by atoms with E-state index < -0.39 is 127 Å². The van der Waals surface area contributed by atoms with Gasteiger partial charge in [0.15, 0.2) is 14.7 Å². The number of hydrogen-bond donors (Lipinski definition) is 0. The van der Waals surface area contributed by atoms with Crippen molar-refractivity contribution in [2.24, 2.45) is 5.92 Å². The van der Waals surface area contributed by atoms with E-state index in [1.165, 1.54) is 36.4 Å². The topological polar surface area (TPSA) is 260 Å². The number of nitro groups is 3. The summed E-state index contributed by atoms with van der Waals surface area (Å²) in [6, 6.07) is 39.7. The maximum absolute atomic E-state index is 14.8. The molecule has 0 amide bonds. The summed E-state index contributed by atoms with van der Waals surface area (Å²) in [7, 11) is -13.2. The largest absolute Gasteiger partial charge is 0.497 e. The number of methoxy groups -OCH3 is 1. The zero-order valence-electron chi connectivity index (χ0n) is 38.1. The summed E-state index contributed by atoms with van der Waals surface area (Å²) in [6.45, 7) is -3.79. The van der Waals surface area contributed by atoms with Gasteiger partial charge in [-0.15, -0.1) is 0 Å². The molecular formula is C48H48N6O14S3. The number of ether oxygens (including phenoxy) is 2. The van der Waals surface area contributed by atoms with Gasteiger partial charge >= 0.3 is 0 Å². The van der Waals surface area contributed by atoms with Crippen molar-refractivity contribution >= 4 is 47.1 Å². The van der Waals surface area contributed by atoms with E-state index in [9.17, 15) is 55.6 Å². The van der Waals surface area contributed by atoms with Crippen molar-refractivity contribution in [2.45, 2.75) is 33.1 Å². The second-order valence-corrected chi connectivity index (χ2v) is 22.0. The van der Waals surface area contributed by atoms with Crippen molar-refractivity contribution < 1.29 is 49.5 Å². The van der Waals surface area contributed by atoms with Crippen LogP contribution in [0.2, 0.25) is 0 Å². The Bertz CT molecular complexity index is 3080. The van der Waals surface area contributed by atoms with Crippen LogP contribution in [0, 0.1) is 36.3 Å². The van der Waals surface area contributed by atoms with E-state index in [0.29, 0.717) is 10.1 Å². The average Bonchev–Trinajstić information content (AvgIpc) is 3.38. The number of para-hydroxylation sites is 3. The smallest absolute Gasteiger partial charge is 0.289 e. The Morgan fingerprint density at radius 2 is 0.831 bits per heavy atom. The molecule has 20 nitrogen and oxygen atoms in total. The molecule has 71 heavy (non-hydrogen) atoms. The first-order valence-electron chi connectivity index (χ1n) is 22.0. The first-order valence-corrected chi connectivity index (χ1v) is 26.3. The summed E-state index contributed by atoms with van der Waals surface area (Å²) in [5.74, 6) is -0.376. The zero-order chi connectivity index (χ0) is 51.0. The second-order valence-electron chi connectivity index (χ2n) is 16.3. The molecular weight excluding hydrogens is 981 g/mol. The van der Waals surface area contributed by atoms with Crippen LogP contribution in [0.1, 0.15) is 29.5 Å². The van der Waals surface area contributed by atoms with E-state index in [1.54, 1.807) is 19.2 Å². The molecule has 0 atom stereocenters. The summed E-state index contributed by atoms with van der Waals surface area (Å²) in [6.07, 6.45) is 0.186. The fraction of sp³-hybridized carbons (Fsp3) is 0.250. The molecule has 1 saturated heterocycles. The second kappa shape index (κ2) is 22.0. The first kappa shape index (κ1) is 51.8. The molecule has 1 aliphatic heterocycles. The number of rotatable bonds is 18. The monoisotopic (exact) mass is 1030 g/mol. The van der Waals surface area contributed by atoms with E-state index in [0.717, 1.165) is 61.7 Å². The van der Waals surface area contributed by atoms with Gasteiger partial charge in [-0.2, -0.15) is 12.9 Å². The van der Waals surface area contributed by atoms with Crippen LogP contribution in [-0.2, 0) is 40.4 Å². The van der Waals surface area contributed by atoms with Gasteiger partial charge in [0.25, 0.3) is 17.1 Å². The van der Waals surface area contributed by atoms with E-state index in [2.05, 4.69) is 0 Å². The Hall–Kier alpha value is -6.99. The lowest BCUT2D eigenvalue weighted by molar-refractivity contribution is -0.388. The molecule has 0 unspecified atom stereocenters. The zero-order valence-corrected chi connectivity index (χ0v) is 40.5. The standard InChI is InChI=1S/C48H48N6O14S3/c1-67-41-28-26-40(27-29-41)48(38-16-4-2-5-17-38,39-18-6-3-7-19-39)68-34-14-15-37-35-50(70(63,64)46-24-12-9-21-43(46)53(57)58)32-30-49(69(61,62)45-23-11-8-20-42(45)52(55)56)31-33-51(36-37)71(65,66)47-25-13-10-22-44(47)54(59)60/h2-13,16-29,37H,14-15,30-36H2,1H3. The Morgan fingerprint density at radius 1 is 0.493 bits per heavy atom. The summed E-state index contributed by atoms with van der Waals surface area (Å²) < 4.78 is 103. The van der Waals surface area contributed by atoms with Crippen molar-refractivity contribution in [3.05, 3.63) is 205 Å². The molecule has 0 bridgehead atoms. The minimum Gasteiger partial charge on any atom is -0.497 e. The fourth-order valence-corrected chi connectivity index (χ4v) is 13.6. The molecule has 0 aromatic heterocycles. The molecule has 1 fully saturated rings. The summed E-state index contributed by atoms with van der Waals surface area (Å²) in [5, 5.41) is 36.6. The van der Waals surface area contributed by atoms with E-state index in [1.807, 2.05) is 72.8 Å². The van der Waals surface area contributed by atoms with Crippen LogP contribution in [0.15, 0.2) is 172 Å². The third kappa shape index (κ3) is 11.0. The minimum absolute atomic E-state index is 0.0119. The van der Waals surface area contributed by atoms with E-state index in [4.69, 9.17) is 9.47 Å². The third-order valence-electron chi connectivity index (χ3n) is 12.1. The van der Waals surface area contributed by atoms with Crippen molar-refractivity contribution in [1.82, 2.24) is 12.9 Å². The van der Waals surface area contributed by atoms with Crippen molar-refractivity contribution in [1.29, 1.82) is 0 Å². The highest BCUT2D eigenvalue weighted by molar-refractivity contribution is 7.90. The number of sulfonamides is 3. The number of benzene rings is 6. The van der Waals surface area contributed by atoms with Crippen molar-refractivity contribution in [3.63, 3.8) is 0 Å². The minimum atomic E-state index is -4.92. The fourth-order valence-electron chi connectivity index (χ4n) is 8.65. The molecule has 1 aliphatic rings. The van der Waals surface area contributed by atoms with Gasteiger partial charge in [-0.05, 0) is 65.8 Å². The van der Waals surface area contributed by atoms with Crippen LogP contribution in [0.25, 0.3) is 0 Å². The van der Waals surface area contributed by atoms with Gasteiger partial charge in [0, 0.05) is 64.1 Å². The lowest BCUT2D eigenvalue weighted by Gasteiger charge is -2.37. The number of nitrogens with zero attached hydrogens (tertiary/aromatic N) is 6. The van der Waals surface area contributed by atoms with Gasteiger partial charge in [0.05, 0.1) is 21.9 Å². The molecule has 6 aromatic carbocycles. The van der Waals surface area contributed by atoms with E-state index in [-0.39, 0.29) is 19.4 Å². The quantitative estimate of drug-likeness (QED) is 0.0357. The maximum Gasteiger partial charge on any atom is 0.289 e. The van der Waals surface area contributed by atoms with Crippen molar-refractivity contribution in [3.8, 4) is 5.75 Å². The summed E-state index contributed by atoms with van der Waals surface area (Å²) >= 11 is 0. The van der Waals surface area contributed by atoms with Gasteiger partial charge in [-0.25, -0.2) is 25.3 Å². The lowest BCUT2D eigenvalue weighted by Crippen LogP contribution is -2.50. The highest BCUT2D eigenvalue weighted by atomic mass is 32.2. The van der Waals surface area contributed by atoms with Crippen molar-refractivity contribution in [2.75, 3.05) is 53.0 Å². The Kier molecular flexibility index (Phi) is 16.0. The van der Waals surface area contributed by atoms with Gasteiger partial charge < -0.3 is 9.47 Å². The Morgan fingerprint density at radius 3 is 1.21 bits per heavy atom. The van der Waals surface area contributed by atoms with Crippen LogP contribution in [0.4, 0.5) is 17.1 Å². The molecule has 1 heterocycles. The highest BCUT2D eigenvalue weighted by Crippen LogP contribution is 2.42. The van der Waals surface area contributed by atoms with Gasteiger partial charge in [-0.3, -0.25) is 30.3 Å². The van der Waals surface area contributed by atoms with E-state index >= 15 is 0 Å². The van der Waals surface area contributed by atoms with Crippen LogP contribution in [0.3, 0.4) is 0 Å². The van der Waals surface area contributed by atoms with Crippen LogP contribution in [0.5, 0.6) is 5.75 Å². The number of nitro benzene ring substituents is 3. The van der Waals surface area contributed by atoms with Gasteiger partial charge in [-0.1, -0.05) is 109 Å². The molecule has 0 N–H and O–H groups in total. The lowest BCUT2D eigenvalue weighted by atomic mass is 9.80. The molecule has 0 spiro atoms. The van der Waals surface area contributed by atoms with Crippen LogP contribution >= 0.6 is 0 Å². The third-order valence-corrected chi connectivity index (χ3v) is 17.9. The SMILES string of the molecule is COc1ccc(C(OCCCC2CN(S(=O)(=O)c3ccccc3[N+](=O)[O-])CCN(S(=O)(=O)c3ccccc3[N+](=O)[O-])CCN(S(=O)(=O)c3ccccc3[N+](=O)[O-])C2)(c2ccccc2)c2ccccc2)cc1. The molecule has 0 radical (unpaired) electrons. The summed E-state index contributed by atoms with van der Waals surface area (Å²) in [5.41, 5.74) is -1.34. The molecule has 23 heteroatoms. The summed E-state index contributed by atoms with van der Waals surface area (Å²) in [4.78, 5) is 31.7. The molecule has 372 valence electrons. The van der Waals surface area contributed by atoms with Gasteiger partial charge in [0.1, 0.15) is 11.4 Å². The predicted octanol–water partition coefficient (Wildman–Crippen LogP) is 7.21. The molecule has 0 saturated carbocycles. The van der Waals surface area contributed by atoms with Crippen LogP contribution in [-0.4, -0.2) is 106 Å². The number of hydrogen-bond acceptors (Lipinski definition) is 14. The predicted molar refractivity (Wildman–Crippen MR) is 260 cm³/mol. The molecule has 6 aromatic rings. The molecule has 0 aliphatic carbocycles. The van der Waals surface area contributed by atoms with Crippen LogP contribution < -0.4 is 4.74 Å². The normalized spacial score (nSPS) is 15.2. The Labute approximate surface area is 410 Å². The first-order chi connectivity index (χ1) is 33.9. The Balaban J connectivity index is 1.33. The average molecular weight is 1030 g/mol.